The fraction of sp³-hybridized carbons (Fsp3) is 0.111. The van der Waals surface area contributed by atoms with E-state index in [1.165, 1.54) is 43.3 Å². The Morgan fingerprint density at radius 1 is 1.00 bits per heavy atom. The van der Waals surface area contributed by atoms with Gasteiger partial charge in [-0.05, 0) is 61.4 Å². The van der Waals surface area contributed by atoms with E-state index >= 15 is 0 Å². The number of nitrogens with zero attached hydrogens (tertiary/aromatic N) is 2. The Bertz CT molecular complexity index is 1620. The van der Waals surface area contributed by atoms with E-state index in [2.05, 4.69) is 9.97 Å². The fourth-order valence-electron chi connectivity index (χ4n) is 4.40. The lowest BCUT2D eigenvalue weighted by Crippen LogP contribution is -2.30. The minimum atomic E-state index is -1.12. The second-order valence-corrected chi connectivity index (χ2v) is 8.64. The minimum Gasteiger partial charge on any atom is -0.507 e. The van der Waals surface area contributed by atoms with Crippen LogP contribution in [0.2, 0.25) is 0 Å². The third-order valence-electron chi connectivity index (χ3n) is 6.18. The number of amides is 1. The van der Waals surface area contributed by atoms with Crippen LogP contribution in [0.15, 0.2) is 66.2 Å². The zero-order valence-electron chi connectivity index (χ0n) is 19.2. The van der Waals surface area contributed by atoms with Crippen molar-refractivity contribution in [2.45, 2.75) is 19.9 Å². The molecule has 0 bridgehead atoms. The number of benzene rings is 3. The quantitative estimate of drug-likeness (QED) is 0.220. The smallest absolute Gasteiger partial charge is 0.335 e. The number of aliphatic hydroxyl groups excluding tert-OH is 1. The molecule has 0 radical (unpaired) electrons. The average molecular weight is 485 g/mol. The van der Waals surface area contributed by atoms with Gasteiger partial charge in [-0.25, -0.2) is 14.2 Å². The highest BCUT2D eigenvalue weighted by Crippen LogP contribution is 2.42. The Balaban J connectivity index is 1.73. The number of ketones is 1. The standard InChI is InChI=1S/C27H20FN3O5/c1-13-4-3-5-15(10-13)22-21(23(32)16-6-8-18(28)14(2)11-16)24(33)25(34)31(22)27-29-19-9-7-17(26(35)36)12-20(19)30-27/h3-12,22,32H,1-2H3,(H,29,30)(H,35,36)/b23-21+. The molecule has 5 rings (SSSR count). The minimum absolute atomic E-state index is 0.0236. The summed E-state index contributed by atoms with van der Waals surface area (Å²) in [7, 11) is 0. The summed E-state index contributed by atoms with van der Waals surface area (Å²) in [6, 6.07) is 14.3. The first-order valence-electron chi connectivity index (χ1n) is 11.0. The van der Waals surface area contributed by atoms with Gasteiger partial charge in [0.05, 0.1) is 28.2 Å². The average Bonchev–Trinajstić information content (AvgIpc) is 3.38. The summed E-state index contributed by atoms with van der Waals surface area (Å²) in [6.45, 7) is 3.39. The van der Waals surface area contributed by atoms with Gasteiger partial charge in [-0.15, -0.1) is 0 Å². The number of H-pyrrole nitrogens is 1. The van der Waals surface area contributed by atoms with Gasteiger partial charge in [0, 0.05) is 5.56 Å². The second kappa shape index (κ2) is 8.46. The lowest BCUT2D eigenvalue weighted by Gasteiger charge is -2.23. The second-order valence-electron chi connectivity index (χ2n) is 8.64. The van der Waals surface area contributed by atoms with E-state index in [1.807, 2.05) is 13.0 Å². The maximum Gasteiger partial charge on any atom is 0.335 e. The number of carboxylic acids is 1. The van der Waals surface area contributed by atoms with Crippen molar-refractivity contribution >= 4 is 40.4 Å². The first-order valence-corrected chi connectivity index (χ1v) is 11.0. The SMILES string of the molecule is Cc1cccc(C2/C(=C(\O)c3ccc(F)c(C)c3)C(=O)C(=O)N2c2nc3ccc(C(=O)O)cc3[nH]2)c1. The van der Waals surface area contributed by atoms with Crippen molar-refractivity contribution in [1.29, 1.82) is 0 Å². The van der Waals surface area contributed by atoms with Crippen LogP contribution < -0.4 is 4.90 Å². The summed E-state index contributed by atoms with van der Waals surface area (Å²) in [5.74, 6) is -3.84. The van der Waals surface area contributed by atoms with E-state index in [-0.39, 0.29) is 28.2 Å². The zero-order chi connectivity index (χ0) is 25.7. The molecule has 0 saturated carbocycles. The number of rotatable bonds is 4. The normalized spacial score (nSPS) is 17.2. The maximum absolute atomic E-state index is 13.9. The molecule has 1 aliphatic rings. The molecule has 0 aliphatic carbocycles. The molecule has 180 valence electrons. The summed E-state index contributed by atoms with van der Waals surface area (Å²) < 4.78 is 13.9. The molecule has 4 aromatic rings. The van der Waals surface area contributed by atoms with Gasteiger partial charge >= 0.3 is 11.9 Å². The van der Waals surface area contributed by atoms with Crippen LogP contribution in [0.5, 0.6) is 0 Å². The van der Waals surface area contributed by atoms with Crippen LogP contribution in [-0.2, 0) is 9.59 Å². The predicted octanol–water partition coefficient (Wildman–Crippen LogP) is 4.64. The topological polar surface area (TPSA) is 124 Å². The number of halogens is 1. The van der Waals surface area contributed by atoms with Crippen molar-refractivity contribution in [2.75, 3.05) is 4.90 Å². The van der Waals surface area contributed by atoms with Crippen LogP contribution in [0.25, 0.3) is 16.8 Å². The number of nitrogens with one attached hydrogen (secondary N) is 1. The molecule has 0 spiro atoms. The zero-order valence-corrected chi connectivity index (χ0v) is 19.2. The van der Waals surface area contributed by atoms with Crippen LogP contribution in [0.3, 0.4) is 0 Å². The Kier molecular flexibility index (Phi) is 5.40. The molecule has 1 aromatic heterocycles. The van der Waals surface area contributed by atoms with E-state index in [9.17, 15) is 29.0 Å². The number of aromatic nitrogens is 2. The number of carbonyl (C=O) groups is 3. The van der Waals surface area contributed by atoms with E-state index in [4.69, 9.17) is 0 Å². The van der Waals surface area contributed by atoms with Gasteiger partial charge in [-0.2, -0.15) is 0 Å². The van der Waals surface area contributed by atoms with Gasteiger partial charge in [0.1, 0.15) is 11.6 Å². The Morgan fingerprint density at radius 3 is 2.44 bits per heavy atom. The molecule has 1 amide bonds. The molecular weight excluding hydrogens is 465 g/mol. The third kappa shape index (κ3) is 3.70. The first kappa shape index (κ1) is 23.0. The van der Waals surface area contributed by atoms with Crippen LogP contribution >= 0.6 is 0 Å². The summed E-state index contributed by atoms with van der Waals surface area (Å²) in [4.78, 5) is 46.5. The molecule has 36 heavy (non-hydrogen) atoms. The van der Waals surface area contributed by atoms with Crippen molar-refractivity contribution < 1.29 is 29.0 Å². The third-order valence-corrected chi connectivity index (χ3v) is 6.18. The number of hydrogen-bond donors (Lipinski definition) is 3. The number of anilines is 1. The highest BCUT2D eigenvalue weighted by Gasteiger charge is 2.48. The number of carboxylic acid groups (broad SMARTS) is 1. The van der Waals surface area contributed by atoms with Crippen LogP contribution in [0, 0.1) is 19.7 Å². The van der Waals surface area contributed by atoms with Gasteiger partial charge in [0.2, 0.25) is 5.95 Å². The molecule has 1 unspecified atom stereocenters. The summed E-state index contributed by atoms with van der Waals surface area (Å²) in [6.07, 6.45) is 0. The highest BCUT2D eigenvalue weighted by molar-refractivity contribution is 6.51. The van der Waals surface area contributed by atoms with Crippen molar-refractivity contribution in [3.8, 4) is 0 Å². The lowest BCUT2D eigenvalue weighted by molar-refractivity contribution is -0.132. The Hall–Kier alpha value is -4.79. The van der Waals surface area contributed by atoms with Gasteiger partial charge in [-0.3, -0.25) is 14.5 Å². The number of carbonyl (C=O) groups excluding carboxylic acids is 2. The number of Topliss-reactive ketones (excluding diaryl/α,β-unsaturated/α-hetero) is 1. The Morgan fingerprint density at radius 2 is 1.75 bits per heavy atom. The van der Waals surface area contributed by atoms with Crippen molar-refractivity contribution in [3.05, 3.63) is 99.9 Å². The predicted molar refractivity (Wildman–Crippen MR) is 130 cm³/mol. The summed E-state index contributed by atoms with van der Waals surface area (Å²) >= 11 is 0. The van der Waals surface area contributed by atoms with Crippen molar-refractivity contribution in [2.24, 2.45) is 0 Å². The highest BCUT2D eigenvalue weighted by atomic mass is 19.1. The molecule has 1 aliphatic heterocycles. The van der Waals surface area contributed by atoms with Gasteiger partial charge in [0.15, 0.2) is 0 Å². The Labute approximate surface area is 204 Å². The van der Waals surface area contributed by atoms with Crippen LogP contribution in [0.4, 0.5) is 10.3 Å². The monoisotopic (exact) mass is 485 g/mol. The van der Waals surface area contributed by atoms with Gasteiger partial charge in [0.25, 0.3) is 5.78 Å². The van der Waals surface area contributed by atoms with Crippen LogP contribution in [-0.4, -0.2) is 37.8 Å². The lowest BCUT2D eigenvalue weighted by atomic mass is 9.94. The molecule has 3 aromatic carbocycles. The molecule has 1 fully saturated rings. The van der Waals surface area contributed by atoms with Gasteiger partial charge in [-0.1, -0.05) is 29.8 Å². The number of aromatic amines is 1. The largest absolute Gasteiger partial charge is 0.507 e. The molecule has 3 N–H and O–H groups in total. The van der Waals surface area contributed by atoms with E-state index in [0.29, 0.717) is 16.6 Å². The van der Waals surface area contributed by atoms with Crippen LogP contribution in [0.1, 0.15) is 38.7 Å². The van der Waals surface area contributed by atoms with Gasteiger partial charge < -0.3 is 15.2 Å². The van der Waals surface area contributed by atoms with E-state index < -0.39 is 35.3 Å². The van der Waals surface area contributed by atoms with Crippen molar-refractivity contribution in [1.82, 2.24) is 9.97 Å². The molecule has 9 heteroatoms. The first-order chi connectivity index (χ1) is 17.2. The molecule has 8 nitrogen and oxygen atoms in total. The fourth-order valence-corrected chi connectivity index (χ4v) is 4.40. The molecule has 1 atom stereocenters. The van der Waals surface area contributed by atoms with E-state index in [1.54, 1.807) is 18.2 Å². The summed E-state index contributed by atoms with van der Waals surface area (Å²) in [5.41, 5.74) is 2.52. The molecule has 1 saturated heterocycles. The number of aromatic carboxylic acids is 1. The number of aliphatic hydroxyl groups is 1. The maximum atomic E-state index is 13.9. The van der Waals surface area contributed by atoms with Crippen molar-refractivity contribution in [3.63, 3.8) is 0 Å². The number of hydrogen-bond acceptors (Lipinski definition) is 5. The van der Waals surface area contributed by atoms with E-state index in [0.717, 1.165) is 10.5 Å². The molecular formula is C27H20FN3O5. The number of fused-ring (bicyclic) bond motifs is 1. The number of aryl methyl sites for hydroxylation is 2. The molecule has 2 heterocycles. The number of imidazole rings is 1. The summed E-state index contributed by atoms with van der Waals surface area (Å²) in [5, 5.41) is 20.5.